The maximum atomic E-state index is 5.74. The van der Waals surface area contributed by atoms with Gasteiger partial charge in [0.25, 0.3) is 0 Å². The molecule has 0 bridgehead atoms. The molecule has 0 radical (unpaired) electrons. The Kier molecular flexibility index (Phi) is 15.5. The summed E-state index contributed by atoms with van der Waals surface area (Å²) < 4.78 is 22.5. The Morgan fingerprint density at radius 3 is 2.65 bits per heavy atom. The highest BCUT2D eigenvalue weighted by atomic mass is 127. The van der Waals surface area contributed by atoms with Crippen LogP contribution < -0.4 is 20.1 Å². The molecule has 178 valence electrons. The third-order valence-corrected chi connectivity index (χ3v) is 4.75. The highest BCUT2D eigenvalue weighted by molar-refractivity contribution is 14.0. The number of guanidine groups is 1. The van der Waals surface area contributed by atoms with Crippen LogP contribution in [-0.2, 0) is 15.9 Å². The molecular weight excluding hydrogens is 509 g/mol. The van der Waals surface area contributed by atoms with Crippen molar-refractivity contribution in [3.8, 4) is 11.5 Å². The van der Waals surface area contributed by atoms with Crippen LogP contribution in [0.5, 0.6) is 11.5 Å². The Morgan fingerprint density at radius 2 is 1.94 bits per heavy atom. The van der Waals surface area contributed by atoms with E-state index in [0.29, 0.717) is 19.1 Å². The van der Waals surface area contributed by atoms with Crippen molar-refractivity contribution >= 4 is 29.9 Å². The Balaban J connectivity index is 0.00000480. The standard InChI is InChI=1S/C23H39N3O4.HI/c1-4-24-23(25-12-7-14-27-17-20-11-15-28-18-20)26-13-10-19-8-9-21(29-5-2)22(16-19)30-6-3;/h8-9,16,20H,4-7,10-15,17-18H2,1-3H3,(H2,24,25,26);1H. The lowest BCUT2D eigenvalue weighted by Crippen LogP contribution is -2.38. The molecular formula is C23H40IN3O4. The van der Waals surface area contributed by atoms with Crippen molar-refractivity contribution in [1.82, 2.24) is 10.6 Å². The van der Waals surface area contributed by atoms with Crippen LogP contribution >= 0.6 is 24.0 Å². The molecule has 1 atom stereocenters. The van der Waals surface area contributed by atoms with Gasteiger partial charge in [-0.3, -0.25) is 4.99 Å². The number of rotatable bonds is 14. The van der Waals surface area contributed by atoms with Crippen LogP contribution in [0.1, 0.15) is 39.2 Å². The second-order valence-electron chi connectivity index (χ2n) is 7.24. The molecule has 1 aromatic carbocycles. The van der Waals surface area contributed by atoms with Crippen LogP contribution in [0.3, 0.4) is 0 Å². The van der Waals surface area contributed by atoms with Crippen LogP contribution in [-0.4, -0.2) is 65.2 Å². The summed E-state index contributed by atoms with van der Waals surface area (Å²) in [5, 5.41) is 6.70. The van der Waals surface area contributed by atoms with Gasteiger partial charge in [-0.2, -0.15) is 0 Å². The molecule has 1 fully saturated rings. The average Bonchev–Trinajstić information content (AvgIpc) is 3.26. The minimum atomic E-state index is 0. The van der Waals surface area contributed by atoms with Crippen LogP contribution in [0, 0.1) is 5.92 Å². The van der Waals surface area contributed by atoms with Gasteiger partial charge in [0.1, 0.15) is 0 Å². The van der Waals surface area contributed by atoms with E-state index in [4.69, 9.17) is 18.9 Å². The van der Waals surface area contributed by atoms with Gasteiger partial charge in [-0.25, -0.2) is 0 Å². The van der Waals surface area contributed by atoms with Crippen LogP contribution in [0.4, 0.5) is 0 Å². The van der Waals surface area contributed by atoms with Crippen molar-refractivity contribution < 1.29 is 18.9 Å². The van der Waals surface area contributed by atoms with Crippen molar-refractivity contribution in [2.75, 3.05) is 59.3 Å². The number of benzene rings is 1. The molecule has 2 rings (SSSR count). The Morgan fingerprint density at radius 1 is 1.13 bits per heavy atom. The lowest BCUT2D eigenvalue weighted by atomic mass is 10.1. The first-order valence-electron chi connectivity index (χ1n) is 11.3. The van der Waals surface area contributed by atoms with Crippen molar-refractivity contribution in [1.29, 1.82) is 0 Å². The third-order valence-electron chi connectivity index (χ3n) is 4.75. The van der Waals surface area contributed by atoms with Crippen molar-refractivity contribution in [3.05, 3.63) is 23.8 Å². The van der Waals surface area contributed by atoms with Crippen LogP contribution in [0.25, 0.3) is 0 Å². The minimum Gasteiger partial charge on any atom is -0.490 e. The zero-order valence-corrected chi connectivity index (χ0v) is 21.6. The quantitative estimate of drug-likeness (QED) is 0.160. The fourth-order valence-electron chi connectivity index (χ4n) is 3.24. The van der Waals surface area contributed by atoms with E-state index in [9.17, 15) is 0 Å². The number of aliphatic imine (C=N–C) groups is 1. The molecule has 31 heavy (non-hydrogen) atoms. The first kappa shape index (κ1) is 27.8. The van der Waals surface area contributed by atoms with Gasteiger partial charge >= 0.3 is 0 Å². The van der Waals surface area contributed by atoms with Gasteiger partial charge in [0, 0.05) is 38.8 Å². The number of hydrogen-bond donors (Lipinski definition) is 2. The molecule has 1 saturated heterocycles. The molecule has 2 N–H and O–H groups in total. The van der Waals surface area contributed by atoms with Gasteiger partial charge in [0.2, 0.25) is 0 Å². The van der Waals surface area contributed by atoms with E-state index >= 15 is 0 Å². The topological polar surface area (TPSA) is 73.3 Å². The Hall–Kier alpha value is -1.26. The van der Waals surface area contributed by atoms with E-state index in [0.717, 1.165) is 82.8 Å². The highest BCUT2D eigenvalue weighted by Crippen LogP contribution is 2.28. The Labute approximate surface area is 204 Å². The fraction of sp³-hybridized carbons (Fsp3) is 0.696. The number of hydrogen-bond acceptors (Lipinski definition) is 5. The smallest absolute Gasteiger partial charge is 0.191 e. The van der Waals surface area contributed by atoms with Crippen LogP contribution in [0.15, 0.2) is 23.2 Å². The largest absolute Gasteiger partial charge is 0.490 e. The number of nitrogens with one attached hydrogen (secondary N) is 2. The maximum absolute atomic E-state index is 5.74. The van der Waals surface area contributed by atoms with Gasteiger partial charge in [0.15, 0.2) is 17.5 Å². The summed E-state index contributed by atoms with van der Waals surface area (Å²) in [6.07, 6.45) is 2.91. The first-order valence-corrected chi connectivity index (χ1v) is 11.3. The zero-order chi connectivity index (χ0) is 21.4. The lowest BCUT2D eigenvalue weighted by Gasteiger charge is -2.14. The molecule has 1 aromatic rings. The second-order valence-corrected chi connectivity index (χ2v) is 7.24. The maximum Gasteiger partial charge on any atom is 0.191 e. The summed E-state index contributed by atoms with van der Waals surface area (Å²) >= 11 is 0. The molecule has 1 aliphatic rings. The van der Waals surface area contributed by atoms with Crippen molar-refractivity contribution in [3.63, 3.8) is 0 Å². The Bertz CT molecular complexity index is 625. The molecule has 8 heteroatoms. The molecule has 0 saturated carbocycles. The monoisotopic (exact) mass is 549 g/mol. The van der Waals surface area contributed by atoms with Gasteiger partial charge < -0.3 is 29.6 Å². The third kappa shape index (κ3) is 11.2. The van der Waals surface area contributed by atoms with E-state index < -0.39 is 0 Å². The van der Waals surface area contributed by atoms with Gasteiger partial charge in [0.05, 0.1) is 26.4 Å². The lowest BCUT2D eigenvalue weighted by molar-refractivity contribution is 0.0893. The average molecular weight is 549 g/mol. The molecule has 0 amide bonds. The normalized spacial score (nSPS) is 16.0. The zero-order valence-electron chi connectivity index (χ0n) is 19.3. The first-order chi connectivity index (χ1) is 14.8. The van der Waals surface area contributed by atoms with E-state index in [2.05, 4.69) is 34.7 Å². The van der Waals surface area contributed by atoms with Crippen LogP contribution in [0.2, 0.25) is 0 Å². The fourth-order valence-corrected chi connectivity index (χ4v) is 3.24. The molecule has 0 spiro atoms. The van der Waals surface area contributed by atoms with Crippen molar-refractivity contribution in [2.24, 2.45) is 10.9 Å². The van der Waals surface area contributed by atoms with E-state index in [1.165, 1.54) is 5.56 Å². The molecule has 1 unspecified atom stereocenters. The molecule has 1 aliphatic heterocycles. The predicted octanol–water partition coefficient (Wildman–Crippen LogP) is 3.64. The van der Waals surface area contributed by atoms with E-state index in [-0.39, 0.29) is 24.0 Å². The summed E-state index contributed by atoms with van der Waals surface area (Å²) in [4.78, 5) is 4.64. The van der Waals surface area contributed by atoms with Gasteiger partial charge in [-0.1, -0.05) is 6.07 Å². The summed E-state index contributed by atoms with van der Waals surface area (Å²) in [6.45, 7) is 12.9. The number of nitrogens with zero attached hydrogens (tertiary/aromatic N) is 1. The molecule has 7 nitrogen and oxygen atoms in total. The summed E-state index contributed by atoms with van der Waals surface area (Å²) in [7, 11) is 0. The predicted molar refractivity (Wildman–Crippen MR) is 136 cm³/mol. The summed E-state index contributed by atoms with van der Waals surface area (Å²) in [5.41, 5.74) is 1.20. The van der Waals surface area contributed by atoms with Crippen molar-refractivity contribution in [2.45, 2.75) is 40.0 Å². The van der Waals surface area contributed by atoms with E-state index in [1.807, 2.05) is 19.9 Å². The number of ether oxygens (including phenoxy) is 4. The number of halogens is 1. The summed E-state index contributed by atoms with van der Waals surface area (Å²) in [6, 6.07) is 6.14. The molecule has 0 aromatic heterocycles. The molecule has 0 aliphatic carbocycles. The highest BCUT2D eigenvalue weighted by Gasteiger charge is 2.15. The molecule has 1 heterocycles. The van der Waals surface area contributed by atoms with E-state index in [1.54, 1.807) is 0 Å². The SMILES string of the molecule is CCNC(=NCCCOCC1CCOC1)NCCc1ccc(OCC)c(OCC)c1.I. The summed E-state index contributed by atoms with van der Waals surface area (Å²) in [5.74, 6) is 3.02. The van der Waals surface area contributed by atoms with Gasteiger partial charge in [-0.15, -0.1) is 24.0 Å². The van der Waals surface area contributed by atoms with Gasteiger partial charge in [-0.05, 0) is 57.7 Å². The second kappa shape index (κ2) is 17.3. The minimum absolute atomic E-state index is 0.